The fourth-order valence-electron chi connectivity index (χ4n) is 8.55. The lowest BCUT2D eigenvalue weighted by Gasteiger charge is -2.46. The molecule has 2 fully saturated rings. The summed E-state index contributed by atoms with van der Waals surface area (Å²) in [5.41, 5.74) is 2.93. The van der Waals surface area contributed by atoms with E-state index in [-0.39, 0.29) is 24.7 Å². The standard InChI is InChI=1S/C45H69N5O9/c1-8-39-35(27-51)22-28(2)14-17-37(52)29(3)23-34(18-19-49(25-32-12-10-9-11-13-32)20-21-50-26-36(46-47-50)33-15-16-33)44(30(4)38(53)24-40(54)58-39)59-45-43(56)41(48(6)7)42(55)31(5)57-45/h9-14,17,22,26,29-31,33-35,38-39,41-45,51,53,55-56H,8,15-16,18-21,23-25,27H2,1-7H3/b17-14+,28-22+/t29-,30+,31-,34+,35-,38-,39-,41?,42-,43?,44-,45+/m1/s1. The van der Waals surface area contributed by atoms with Gasteiger partial charge in [0.15, 0.2) is 12.1 Å². The molecule has 2 aromatic rings. The minimum atomic E-state index is -1.25. The highest BCUT2D eigenvalue weighted by atomic mass is 16.7. The van der Waals surface area contributed by atoms with Crippen molar-refractivity contribution in [3.8, 4) is 0 Å². The van der Waals surface area contributed by atoms with Gasteiger partial charge in [-0.2, -0.15) is 0 Å². The molecule has 1 aromatic carbocycles. The summed E-state index contributed by atoms with van der Waals surface area (Å²) in [6.07, 6.45) is 3.69. The van der Waals surface area contributed by atoms with Crippen LogP contribution in [-0.4, -0.2) is 140 Å². The molecule has 2 aliphatic heterocycles. The van der Waals surface area contributed by atoms with Gasteiger partial charge < -0.3 is 39.5 Å². The lowest BCUT2D eigenvalue weighted by atomic mass is 9.79. The summed E-state index contributed by atoms with van der Waals surface area (Å²) in [6.45, 7) is 11.4. The molecule has 0 spiro atoms. The summed E-state index contributed by atoms with van der Waals surface area (Å²) in [6, 6.07) is 9.52. The van der Waals surface area contributed by atoms with Gasteiger partial charge in [0.25, 0.3) is 0 Å². The average molecular weight is 824 g/mol. The number of aromatic nitrogens is 3. The minimum Gasteiger partial charge on any atom is -0.462 e. The Labute approximate surface area is 350 Å². The number of likely N-dealkylation sites (N-methyl/N-ethyl adjacent to an activating group) is 1. The smallest absolute Gasteiger partial charge is 0.308 e. The van der Waals surface area contributed by atoms with Crippen LogP contribution in [0.25, 0.3) is 0 Å². The molecule has 0 radical (unpaired) electrons. The Morgan fingerprint density at radius 3 is 2.39 bits per heavy atom. The van der Waals surface area contributed by atoms with E-state index in [0.717, 1.165) is 29.7 Å². The third-order valence-electron chi connectivity index (χ3n) is 12.4. The van der Waals surface area contributed by atoms with Crippen molar-refractivity contribution in [2.45, 2.75) is 141 Å². The number of esters is 1. The first-order chi connectivity index (χ1) is 28.2. The summed E-state index contributed by atoms with van der Waals surface area (Å²) in [7, 11) is 3.55. The second-order valence-corrected chi connectivity index (χ2v) is 17.4. The van der Waals surface area contributed by atoms with Crippen LogP contribution >= 0.6 is 0 Å². The van der Waals surface area contributed by atoms with Gasteiger partial charge in [0, 0.05) is 43.0 Å². The molecule has 1 aromatic heterocycles. The molecule has 1 saturated carbocycles. The van der Waals surface area contributed by atoms with Crippen molar-refractivity contribution in [1.82, 2.24) is 24.8 Å². The topological polar surface area (TPSA) is 180 Å². The quantitative estimate of drug-likeness (QED) is 0.202. The van der Waals surface area contributed by atoms with E-state index < -0.39 is 72.7 Å². The molecule has 4 N–H and O–H groups in total. The van der Waals surface area contributed by atoms with Crippen LogP contribution in [0.3, 0.4) is 0 Å². The summed E-state index contributed by atoms with van der Waals surface area (Å²) in [4.78, 5) is 31.4. The number of carbonyl (C=O) groups is 2. The Balaban J connectivity index is 1.49. The minimum absolute atomic E-state index is 0.0852. The average Bonchev–Trinajstić information content (AvgIpc) is 3.95. The molecule has 2 unspecified atom stereocenters. The van der Waals surface area contributed by atoms with Crippen molar-refractivity contribution in [2.24, 2.45) is 23.7 Å². The van der Waals surface area contributed by atoms with E-state index in [1.807, 2.05) is 62.8 Å². The maximum Gasteiger partial charge on any atom is 0.308 e. The van der Waals surface area contributed by atoms with Gasteiger partial charge >= 0.3 is 5.97 Å². The van der Waals surface area contributed by atoms with Crippen LogP contribution in [0.4, 0.5) is 0 Å². The highest BCUT2D eigenvalue weighted by Gasteiger charge is 2.47. The van der Waals surface area contributed by atoms with Gasteiger partial charge in [0.05, 0.1) is 55.7 Å². The Morgan fingerprint density at radius 1 is 1.00 bits per heavy atom. The number of allylic oxidation sites excluding steroid dienone is 3. The SMILES string of the molecule is CC[C@H]1OC(=O)C[C@@H](O)[C@H](C)[C@@H](O[C@@H]2O[C@H](C)[C@@H](O)C(N(C)C)C2O)[C@@H](CCN(CCn2cc(C3CC3)nn2)Cc2ccccc2)C[C@@H](C)C(=O)/C=C/C(C)=C/[C@@H]1CO. The molecule has 5 rings (SSSR count). The number of hydrogen-bond donors (Lipinski definition) is 4. The lowest BCUT2D eigenvalue weighted by Crippen LogP contribution is -2.63. The van der Waals surface area contributed by atoms with Gasteiger partial charge in [0.1, 0.15) is 12.2 Å². The highest BCUT2D eigenvalue weighted by Crippen LogP contribution is 2.39. The summed E-state index contributed by atoms with van der Waals surface area (Å²) in [5.74, 6) is -2.20. The molecule has 0 amide bonds. The number of cyclic esters (lactones) is 1. The van der Waals surface area contributed by atoms with E-state index >= 15 is 0 Å². The molecule has 12 atom stereocenters. The summed E-state index contributed by atoms with van der Waals surface area (Å²) >= 11 is 0. The van der Waals surface area contributed by atoms with Crippen molar-refractivity contribution in [3.05, 3.63) is 71.6 Å². The predicted octanol–water partition coefficient (Wildman–Crippen LogP) is 3.87. The van der Waals surface area contributed by atoms with Crippen molar-refractivity contribution >= 4 is 11.8 Å². The Bertz CT molecular complexity index is 1680. The van der Waals surface area contributed by atoms with Crippen molar-refractivity contribution in [1.29, 1.82) is 0 Å². The van der Waals surface area contributed by atoms with E-state index in [2.05, 4.69) is 27.3 Å². The van der Waals surface area contributed by atoms with Crippen molar-refractivity contribution in [2.75, 3.05) is 33.8 Å². The summed E-state index contributed by atoms with van der Waals surface area (Å²) in [5, 5.41) is 53.6. The number of nitrogens with zero attached hydrogens (tertiary/aromatic N) is 5. The number of aliphatic hydroxyl groups excluding tert-OH is 4. The van der Waals surface area contributed by atoms with Crippen LogP contribution in [0.15, 0.2) is 60.3 Å². The molecule has 3 aliphatic rings. The Morgan fingerprint density at radius 2 is 1.73 bits per heavy atom. The number of rotatable bonds is 14. The van der Waals surface area contributed by atoms with Crippen LogP contribution in [0.2, 0.25) is 0 Å². The zero-order chi connectivity index (χ0) is 42.8. The second-order valence-electron chi connectivity index (χ2n) is 17.4. The first-order valence-electron chi connectivity index (χ1n) is 21.6. The van der Waals surface area contributed by atoms with Crippen molar-refractivity contribution in [3.63, 3.8) is 0 Å². The number of aliphatic hydroxyl groups is 4. The van der Waals surface area contributed by atoms with Crippen LogP contribution in [0.5, 0.6) is 0 Å². The van der Waals surface area contributed by atoms with Crippen LogP contribution in [0.1, 0.15) is 90.3 Å². The van der Waals surface area contributed by atoms with E-state index in [1.54, 1.807) is 38.1 Å². The van der Waals surface area contributed by atoms with Crippen LogP contribution in [0, 0.1) is 23.7 Å². The third kappa shape index (κ3) is 13.1. The lowest BCUT2D eigenvalue weighted by molar-refractivity contribution is -0.304. The van der Waals surface area contributed by atoms with E-state index in [9.17, 15) is 30.0 Å². The van der Waals surface area contributed by atoms with Gasteiger partial charge in [-0.3, -0.25) is 19.2 Å². The third-order valence-corrected chi connectivity index (χ3v) is 12.4. The monoisotopic (exact) mass is 824 g/mol. The first kappa shape index (κ1) is 46.7. The molecule has 14 heteroatoms. The van der Waals surface area contributed by atoms with Gasteiger partial charge in [-0.25, -0.2) is 0 Å². The van der Waals surface area contributed by atoms with E-state index in [0.29, 0.717) is 51.4 Å². The first-order valence-corrected chi connectivity index (χ1v) is 21.6. The molecule has 3 heterocycles. The molecular formula is C45H69N5O9. The highest BCUT2D eigenvalue weighted by molar-refractivity contribution is 5.91. The van der Waals surface area contributed by atoms with Crippen LogP contribution < -0.4 is 0 Å². The number of hydrogen-bond acceptors (Lipinski definition) is 13. The molecule has 1 aliphatic carbocycles. The fraction of sp³-hybridized carbons (Fsp3) is 0.689. The molecule has 1 saturated heterocycles. The largest absolute Gasteiger partial charge is 0.462 e. The van der Waals surface area contributed by atoms with Gasteiger partial charge in [-0.05, 0) is 84.1 Å². The second kappa shape index (κ2) is 22.0. The van der Waals surface area contributed by atoms with Gasteiger partial charge in [-0.1, -0.05) is 74.0 Å². The zero-order valence-corrected chi connectivity index (χ0v) is 36.0. The number of ketones is 1. The van der Waals surface area contributed by atoms with E-state index in [4.69, 9.17) is 14.2 Å². The van der Waals surface area contributed by atoms with Gasteiger partial charge in [-0.15, -0.1) is 5.10 Å². The molecule has 59 heavy (non-hydrogen) atoms. The predicted molar refractivity (Wildman–Crippen MR) is 223 cm³/mol. The maximum absolute atomic E-state index is 13.9. The zero-order valence-electron chi connectivity index (χ0n) is 36.0. The van der Waals surface area contributed by atoms with Crippen molar-refractivity contribution < 1.29 is 44.2 Å². The Kier molecular flexibility index (Phi) is 17.4. The molecule has 0 bridgehead atoms. The van der Waals surface area contributed by atoms with E-state index in [1.165, 1.54) is 0 Å². The molecular weight excluding hydrogens is 755 g/mol. The normalized spacial score (nSPS) is 34.4. The number of ether oxygens (including phenoxy) is 3. The molecule has 328 valence electrons. The fourth-order valence-corrected chi connectivity index (χ4v) is 8.55. The maximum atomic E-state index is 13.9. The Hall–Kier alpha value is -3.34. The number of benzene rings is 1. The summed E-state index contributed by atoms with van der Waals surface area (Å²) < 4.78 is 20.8. The van der Waals surface area contributed by atoms with Crippen LogP contribution in [-0.2, 0) is 36.9 Å². The molecule has 14 nitrogen and oxygen atoms in total. The number of carbonyl (C=O) groups excluding carboxylic acids is 2. The van der Waals surface area contributed by atoms with Gasteiger partial charge in [0.2, 0.25) is 0 Å².